The highest BCUT2D eigenvalue weighted by molar-refractivity contribution is 9.10. The first-order valence-corrected chi connectivity index (χ1v) is 7.09. The fourth-order valence-corrected chi connectivity index (χ4v) is 2.32. The highest BCUT2D eigenvalue weighted by Crippen LogP contribution is 2.22. The van der Waals surface area contributed by atoms with Crippen LogP contribution < -0.4 is 10.1 Å². The number of nitrogens with one attached hydrogen (secondary N) is 1. The van der Waals surface area contributed by atoms with E-state index in [9.17, 15) is 0 Å². The van der Waals surface area contributed by atoms with Crippen molar-refractivity contribution in [1.82, 2.24) is 15.1 Å². The molecular formula is C14H18BrN3O. The average molecular weight is 324 g/mol. The lowest BCUT2D eigenvalue weighted by atomic mass is 10.2. The Hall–Kier alpha value is -1.33. The van der Waals surface area contributed by atoms with Gasteiger partial charge in [-0.1, -0.05) is 15.9 Å². The Morgan fingerprint density at radius 1 is 1.42 bits per heavy atom. The van der Waals surface area contributed by atoms with Crippen molar-refractivity contribution in [2.45, 2.75) is 19.5 Å². The van der Waals surface area contributed by atoms with Gasteiger partial charge in [-0.05, 0) is 37.2 Å². The third-order valence-electron chi connectivity index (χ3n) is 2.86. The molecule has 1 aromatic heterocycles. The number of hydrogen-bond acceptors (Lipinski definition) is 3. The summed E-state index contributed by atoms with van der Waals surface area (Å²) in [5.74, 6) is 0.919. The minimum Gasteiger partial charge on any atom is -0.496 e. The minimum absolute atomic E-state index is 0.807. The summed E-state index contributed by atoms with van der Waals surface area (Å²) >= 11 is 3.48. The number of hydrogen-bond donors (Lipinski definition) is 1. The van der Waals surface area contributed by atoms with Crippen LogP contribution in [-0.2, 0) is 13.1 Å². The van der Waals surface area contributed by atoms with Crippen LogP contribution >= 0.6 is 15.9 Å². The van der Waals surface area contributed by atoms with E-state index in [0.717, 1.165) is 41.8 Å². The van der Waals surface area contributed by atoms with Crippen molar-refractivity contribution in [3.8, 4) is 5.75 Å². The van der Waals surface area contributed by atoms with Crippen LogP contribution in [-0.4, -0.2) is 23.4 Å². The van der Waals surface area contributed by atoms with E-state index in [1.54, 1.807) is 13.3 Å². The van der Waals surface area contributed by atoms with Gasteiger partial charge in [-0.3, -0.25) is 4.68 Å². The van der Waals surface area contributed by atoms with Gasteiger partial charge in [0.05, 0.1) is 7.11 Å². The maximum absolute atomic E-state index is 5.34. The molecule has 0 amide bonds. The molecule has 2 rings (SSSR count). The number of nitrogens with zero attached hydrogens (tertiary/aromatic N) is 2. The number of methoxy groups -OCH3 is 1. The smallest absolute Gasteiger partial charge is 0.123 e. The Kier molecular flexibility index (Phi) is 5.42. The molecule has 0 fully saturated rings. The van der Waals surface area contributed by atoms with Crippen LogP contribution in [0.3, 0.4) is 0 Å². The van der Waals surface area contributed by atoms with Crippen LogP contribution in [0.15, 0.2) is 41.1 Å². The van der Waals surface area contributed by atoms with Gasteiger partial charge in [0.1, 0.15) is 5.75 Å². The molecule has 0 saturated heterocycles. The van der Waals surface area contributed by atoms with Gasteiger partial charge in [-0.15, -0.1) is 0 Å². The molecule has 19 heavy (non-hydrogen) atoms. The third kappa shape index (κ3) is 4.36. The van der Waals surface area contributed by atoms with Crippen molar-refractivity contribution in [1.29, 1.82) is 0 Å². The second kappa shape index (κ2) is 7.31. The van der Waals surface area contributed by atoms with Crippen molar-refractivity contribution in [2.75, 3.05) is 13.7 Å². The molecular weight excluding hydrogens is 306 g/mol. The second-order valence-electron chi connectivity index (χ2n) is 4.26. The van der Waals surface area contributed by atoms with Gasteiger partial charge in [0, 0.05) is 35.5 Å². The molecule has 0 spiro atoms. The van der Waals surface area contributed by atoms with Crippen molar-refractivity contribution < 1.29 is 4.74 Å². The number of aryl methyl sites for hydroxylation is 1. The SMILES string of the molecule is COc1ccc(Br)cc1CNCCCn1cccn1. The van der Waals surface area contributed by atoms with E-state index in [1.807, 2.05) is 29.1 Å². The summed E-state index contributed by atoms with van der Waals surface area (Å²) in [7, 11) is 1.70. The van der Waals surface area contributed by atoms with Gasteiger partial charge in [0.2, 0.25) is 0 Å². The summed E-state index contributed by atoms with van der Waals surface area (Å²) in [6, 6.07) is 7.99. The van der Waals surface area contributed by atoms with E-state index in [-0.39, 0.29) is 0 Å². The number of ether oxygens (including phenoxy) is 1. The van der Waals surface area contributed by atoms with Crippen LogP contribution in [0, 0.1) is 0 Å². The molecule has 1 N–H and O–H groups in total. The molecule has 5 heteroatoms. The molecule has 1 aromatic carbocycles. The lowest BCUT2D eigenvalue weighted by Gasteiger charge is -2.10. The summed E-state index contributed by atoms with van der Waals surface area (Å²) in [4.78, 5) is 0. The third-order valence-corrected chi connectivity index (χ3v) is 3.35. The van der Waals surface area contributed by atoms with E-state index >= 15 is 0 Å². The molecule has 2 aromatic rings. The Labute approximate surface area is 121 Å². The molecule has 0 atom stereocenters. The van der Waals surface area contributed by atoms with Gasteiger partial charge in [0.15, 0.2) is 0 Å². The predicted octanol–water partition coefficient (Wildman–Crippen LogP) is 2.83. The van der Waals surface area contributed by atoms with E-state index in [1.165, 1.54) is 0 Å². The first-order valence-electron chi connectivity index (χ1n) is 6.30. The largest absolute Gasteiger partial charge is 0.496 e. The Balaban J connectivity index is 1.74. The Bertz CT molecular complexity index is 499. The zero-order chi connectivity index (χ0) is 13.5. The standard InChI is InChI=1S/C14H18BrN3O/c1-19-14-5-4-13(15)10-12(14)11-16-6-2-8-18-9-3-7-17-18/h3-5,7,9-10,16H,2,6,8,11H2,1H3. The van der Waals surface area contributed by atoms with Gasteiger partial charge in [0.25, 0.3) is 0 Å². The minimum atomic E-state index is 0.807. The fraction of sp³-hybridized carbons (Fsp3) is 0.357. The maximum Gasteiger partial charge on any atom is 0.123 e. The van der Waals surface area contributed by atoms with Crippen molar-refractivity contribution in [3.05, 3.63) is 46.7 Å². The van der Waals surface area contributed by atoms with Crippen LogP contribution in [0.2, 0.25) is 0 Å². The summed E-state index contributed by atoms with van der Waals surface area (Å²) in [5.41, 5.74) is 1.16. The van der Waals surface area contributed by atoms with Gasteiger partial charge >= 0.3 is 0 Å². The van der Waals surface area contributed by atoms with Crippen LogP contribution in [0.25, 0.3) is 0 Å². The molecule has 4 nitrogen and oxygen atoms in total. The summed E-state index contributed by atoms with van der Waals surface area (Å²) in [6.07, 6.45) is 4.84. The summed E-state index contributed by atoms with van der Waals surface area (Å²) < 4.78 is 8.36. The van der Waals surface area contributed by atoms with Crippen LogP contribution in [0.4, 0.5) is 0 Å². The zero-order valence-corrected chi connectivity index (χ0v) is 12.6. The fourth-order valence-electron chi connectivity index (χ4n) is 1.91. The number of halogens is 1. The topological polar surface area (TPSA) is 39.1 Å². The van der Waals surface area contributed by atoms with E-state index in [4.69, 9.17) is 4.74 Å². The van der Waals surface area contributed by atoms with Gasteiger partial charge in [-0.25, -0.2) is 0 Å². The first-order chi connectivity index (χ1) is 9.29. The normalized spacial score (nSPS) is 10.6. The van der Waals surface area contributed by atoms with Crippen molar-refractivity contribution >= 4 is 15.9 Å². The molecule has 0 aliphatic carbocycles. The number of benzene rings is 1. The monoisotopic (exact) mass is 323 g/mol. The molecule has 0 saturated carbocycles. The van der Waals surface area contributed by atoms with Gasteiger partial charge < -0.3 is 10.1 Å². The number of rotatable bonds is 7. The summed E-state index contributed by atoms with van der Waals surface area (Å²) in [5, 5.41) is 7.60. The van der Waals surface area contributed by atoms with E-state index in [0.29, 0.717) is 0 Å². The molecule has 0 bridgehead atoms. The Morgan fingerprint density at radius 3 is 3.05 bits per heavy atom. The van der Waals surface area contributed by atoms with Crippen molar-refractivity contribution in [2.24, 2.45) is 0 Å². The van der Waals surface area contributed by atoms with Crippen LogP contribution in [0.5, 0.6) is 5.75 Å². The molecule has 1 heterocycles. The second-order valence-corrected chi connectivity index (χ2v) is 5.17. The zero-order valence-electron chi connectivity index (χ0n) is 11.0. The maximum atomic E-state index is 5.34. The van der Waals surface area contributed by atoms with E-state index < -0.39 is 0 Å². The summed E-state index contributed by atoms with van der Waals surface area (Å²) in [6.45, 7) is 2.70. The number of aromatic nitrogens is 2. The lowest BCUT2D eigenvalue weighted by Crippen LogP contribution is -2.17. The Morgan fingerprint density at radius 2 is 2.32 bits per heavy atom. The van der Waals surface area contributed by atoms with Crippen LogP contribution in [0.1, 0.15) is 12.0 Å². The first kappa shape index (κ1) is 14.1. The highest BCUT2D eigenvalue weighted by atomic mass is 79.9. The molecule has 0 radical (unpaired) electrons. The average Bonchev–Trinajstić information content (AvgIpc) is 2.92. The molecule has 0 aliphatic heterocycles. The molecule has 0 unspecified atom stereocenters. The quantitative estimate of drug-likeness (QED) is 0.796. The van der Waals surface area contributed by atoms with Crippen molar-refractivity contribution in [3.63, 3.8) is 0 Å². The lowest BCUT2D eigenvalue weighted by molar-refractivity contribution is 0.407. The van der Waals surface area contributed by atoms with E-state index in [2.05, 4.69) is 32.4 Å². The highest BCUT2D eigenvalue weighted by Gasteiger charge is 2.03. The molecule has 0 aliphatic rings. The predicted molar refractivity (Wildman–Crippen MR) is 79.2 cm³/mol. The van der Waals surface area contributed by atoms with Gasteiger partial charge in [-0.2, -0.15) is 5.10 Å². The molecule has 102 valence electrons.